The fourth-order valence-electron chi connectivity index (χ4n) is 1.55. The number of amides is 1. The van der Waals surface area contributed by atoms with Crippen molar-refractivity contribution in [2.45, 2.75) is 12.6 Å². The van der Waals surface area contributed by atoms with Gasteiger partial charge in [-0.05, 0) is 6.07 Å². The summed E-state index contributed by atoms with van der Waals surface area (Å²) >= 11 is 0. The molecule has 0 aromatic carbocycles. The molecule has 5 heteroatoms. The number of hydrogen-bond acceptors (Lipinski definition) is 4. The molecule has 15 heavy (non-hydrogen) atoms. The van der Waals surface area contributed by atoms with Crippen molar-refractivity contribution in [2.75, 3.05) is 13.2 Å². The number of hydrogen-bond donors (Lipinski definition) is 2. The summed E-state index contributed by atoms with van der Waals surface area (Å²) in [7, 11) is 0. The second kappa shape index (κ2) is 4.46. The smallest absolute Gasteiger partial charge is 0.227 e. The molecule has 0 bridgehead atoms. The van der Waals surface area contributed by atoms with Crippen LogP contribution >= 0.6 is 0 Å². The Bertz CT molecular complexity index is 323. The van der Waals surface area contributed by atoms with E-state index in [1.807, 2.05) is 6.07 Å². The van der Waals surface area contributed by atoms with Crippen LogP contribution in [-0.4, -0.2) is 25.2 Å². The average molecular weight is 210 g/mol. The Morgan fingerprint density at radius 1 is 1.60 bits per heavy atom. The lowest BCUT2D eigenvalue weighted by Crippen LogP contribution is -2.40. The molecule has 1 fully saturated rings. The second-order valence-corrected chi connectivity index (χ2v) is 3.66. The maximum Gasteiger partial charge on any atom is 0.227 e. The normalized spacial score (nSPS) is 25.4. The highest BCUT2D eigenvalue weighted by Gasteiger charge is 2.30. The Morgan fingerprint density at radius 3 is 3.07 bits per heavy atom. The SMILES string of the molecule is NC1COCC1C(=O)NCc1ccoc1. The largest absolute Gasteiger partial charge is 0.472 e. The predicted octanol–water partition coefficient (Wildman–Crippen LogP) is -0.130. The third kappa shape index (κ3) is 2.37. The van der Waals surface area contributed by atoms with E-state index in [1.54, 1.807) is 12.5 Å². The molecule has 0 aliphatic carbocycles. The first-order chi connectivity index (χ1) is 7.27. The summed E-state index contributed by atoms with van der Waals surface area (Å²) in [6.45, 7) is 1.35. The molecule has 1 saturated heterocycles. The number of nitrogens with one attached hydrogen (secondary N) is 1. The lowest BCUT2D eigenvalue weighted by atomic mass is 10.0. The standard InChI is InChI=1S/C10H14N2O3/c11-9-6-15-5-8(9)10(13)12-3-7-1-2-14-4-7/h1-2,4,8-9H,3,5-6,11H2,(H,12,13). The molecule has 2 atom stereocenters. The van der Waals surface area contributed by atoms with Gasteiger partial charge in [0.25, 0.3) is 0 Å². The second-order valence-electron chi connectivity index (χ2n) is 3.66. The van der Waals surface area contributed by atoms with E-state index in [0.29, 0.717) is 19.8 Å². The monoisotopic (exact) mass is 210 g/mol. The molecule has 1 amide bonds. The molecule has 1 aromatic rings. The molecule has 0 radical (unpaired) electrons. The van der Waals surface area contributed by atoms with Gasteiger partial charge in [-0.2, -0.15) is 0 Å². The van der Waals surface area contributed by atoms with Gasteiger partial charge in [-0.15, -0.1) is 0 Å². The zero-order chi connectivity index (χ0) is 10.7. The fourth-order valence-corrected chi connectivity index (χ4v) is 1.55. The molecule has 1 aliphatic rings. The summed E-state index contributed by atoms with van der Waals surface area (Å²) in [5.41, 5.74) is 6.67. The Hall–Kier alpha value is -1.33. The van der Waals surface area contributed by atoms with Crippen LogP contribution in [-0.2, 0) is 16.1 Å². The minimum absolute atomic E-state index is 0.0544. The first kappa shape index (κ1) is 10.2. The van der Waals surface area contributed by atoms with E-state index in [-0.39, 0.29) is 17.9 Å². The molecule has 2 unspecified atom stereocenters. The number of carbonyl (C=O) groups excluding carboxylic acids is 1. The van der Waals surface area contributed by atoms with Crippen LogP contribution in [0.3, 0.4) is 0 Å². The molecule has 1 aromatic heterocycles. The fraction of sp³-hybridized carbons (Fsp3) is 0.500. The van der Waals surface area contributed by atoms with Crippen LogP contribution in [0, 0.1) is 5.92 Å². The summed E-state index contributed by atoms with van der Waals surface area (Å²) in [5.74, 6) is -0.280. The van der Waals surface area contributed by atoms with Crippen LogP contribution in [0.4, 0.5) is 0 Å². The van der Waals surface area contributed by atoms with Crippen LogP contribution in [0.25, 0.3) is 0 Å². The molecule has 0 spiro atoms. The highest BCUT2D eigenvalue weighted by Crippen LogP contribution is 2.11. The number of carbonyl (C=O) groups is 1. The molecule has 3 N–H and O–H groups in total. The Balaban J connectivity index is 1.82. The zero-order valence-electron chi connectivity index (χ0n) is 8.31. The number of rotatable bonds is 3. The van der Waals surface area contributed by atoms with Gasteiger partial charge < -0.3 is 20.2 Å². The van der Waals surface area contributed by atoms with Crippen LogP contribution in [0.5, 0.6) is 0 Å². The quantitative estimate of drug-likeness (QED) is 0.728. The first-order valence-corrected chi connectivity index (χ1v) is 4.89. The van der Waals surface area contributed by atoms with Crippen molar-refractivity contribution < 1.29 is 13.9 Å². The Kier molecular flexibility index (Phi) is 3.03. The van der Waals surface area contributed by atoms with Crippen LogP contribution in [0.15, 0.2) is 23.0 Å². The minimum Gasteiger partial charge on any atom is -0.472 e. The van der Waals surface area contributed by atoms with E-state index in [4.69, 9.17) is 14.9 Å². The average Bonchev–Trinajstić information content (AvgIpc) is 2.84. The van der Waals surface area contributed by atoms with Gasteiger partial charge in [0.2, 0.25) is 5.91 Å². The Labute approximate surface area is 87.6 Å². The van der Waals surface area contributed by atoms with E-state index in [9.17, 15) is 4.79 Å². The van der Waals surface area contributed by atoms with Gasteiger partial charge in [0.1, 0.15) is 0 Å². The predicted molar refractivity (Wildman–Crippen MR) is 52.8 cm³/mol. The van der Waals surface area contributed by atoms with E-state index in [2.05, 4.69) is 5.32 Å². The summed E-state index contributed by atoms with van der Waals surface area (Å²) in [6, 6.07) is 1.63. The number of ether oxygens (including phenoxy) is 1. The Morgan fingerprint density at radius 2 is 2.47 bits per heavy atom. The van der Waals surface area contributed by atoms with Gasteiger partial charge in [-0.3, -0.25) is 4.79 Å². The third-order valence-electron chi connectivity index (χ3n) is 2.51. The lowest BCUT2D eigenvalue weighted by Gasteiger charge is -2.12. The number of nitrogens with two attached hydrogens (primary N) is 1. The maximum atomic E-state index is 11.6. The minimum atomic E-state index is -0.225. The molecule has 82 valence electrons. The van der Waals surface area contributed by atoms with E-state index in [0.717, 1.165) is 5.56 Å². The van der Waals surface area contributed by atoms with Crippen molar-refractivity contribution in [1.29, 1.82) is 0 Å². The first-order valence-electron chi connectivity index (χ1n) is 4.89. The van der Waals surface area contributed by atoms with Crippen LogP contribution < -0.4 is 11.1 Å². The van der Waals surface area contributed by atoms with Crippen molar-refractivity contribution >= 4 is 5.91 Å². The summed E-state index contributed by atoms with van der Waals surface area (Å²) < 4.78 is 10.0. The lowest BCUT2D eigenvalue weighted by molar-refractivity contribution is -0.125. The topological polar surface area (TPSA) is 77.5 Å². The summed E-state index contributed by atoms with van der Waals surface area (Å²) in [4.78, 5) is 11.6. The van der Waals surface area contributed by atoms with Crippen molar-refractivity contribution in [1.82, 2.24) is 5.32 Å². The third-order valence-corrected chi connectivity index (χ3v) is 2.51. The molecule has 1 aliphatic heterocycles. The van der Waals surface area contributed by atoms with Crippen molar-refractivity contribution in [2.24, 2.45) is 11.7 Å². The molecule has 0 saturated carbocycles. The highest BCUT2D eigenvalue weighted by molar-refractivity contribution is 5.79. The van der Waals surface area contributed by atoms with E-state index >= 15 is 0 Å². The molecule has 2 heterocycles. The summed E-state index contributed by atoms with van der Waals surface area (Å²) in [5, 5.41) is 2.80. The van der Waals surface area contributed by atoms with Crippen molar-refractivity contribution in [3.05, 3.63) is 24.2 Å². The van der Waals surface area contributed by atoms with Gasteiger partial charge >= 0.3 is 0 Å². The maximum absolute atomic E-state index is 11.6. The zero-order valence-corrected chi connectivity index (χ0v) is 8.31. The van der Waals surface area contributed by atoms with Crippen LogP contribution in [0.2, 0.25) is 0 Å². The molecule has 5 nitrogen and oxygen atoms in total. The van der Waals surface area contributed by atoms with Gasteiger partial charge in [-0.1, -0.05) is 0 Å². The number of furan rings is 1. The van der Waals surface area contributed by atoms with Gasteiger partial charge in [-0.25, -0.2) is 0 Å². The molecular formula is C10H14N2O3. The van der Waals surface area contributed by atoms with Gasteiger partial charge in [0, 0.05) is 18.2 Å². The molecular weight excluding hydrogens is 196 g/mol. The van der Waals surface area contributed by atoms with Crippen molar-refractivity contribution in [3.63, 3.8) is 0 Å². The van der Waals surface area contributed by atoms with Gasteiger partial charge in [0.05, 0.1) is 31.7 Å². The van der Waals surface area contributed by atoms with Crippen LogP contribution in [0.1, 0.15) is 5.56 Å². The molecule has 2 rings (SSSR count). The van der Waals surface area contributed by atoms with Crippen molar-refractivity contribution in [3.8, 4) is 0 Å². The highest BCUT2D eigenvalue weighted by atomic mass is 16.5. The van der Waals surface area contributed by atoms with E-state index < -0.39 is 0 Å². The summed E-state index contributed by atoms with van der Waals surface area (Å²) in [6.07, 6.45) is 3.18. The van der Waals surface area contributed by atoms with Gasteiger partial charge in [0.15, 0.2) is 0 Å². The van der Waals surface area contributed by atoms with E-state index in [1.165, 1.54) is 0 Å².